The number of likely N-dealkylation sites (tertiary alicyclic amines) is 1. The molecule has 5 heteroatoms. The molecular formula is C18H26N4S. The molecule has 4 rings (SSSR count). The van der Waals surface area contributed by atoms with Crippen LogP contribution in [-0.4, -0.2) is 36.1 Å². The molecule has 1 aliphatic carbocycles. The normalized spacial score (nSPS) is 29.2. The Morgan fingerprint density at radius 3 is 2.70 bits per heavy atom. The number of thiazole rings is 1. The molecule has 0 amide bonds. The van der Waals surface area contributed by atoms with Crippen LogP contribution in [0.5, 0.6) is 0 Å². The average Bonchev–Trinajstić information content (AvgIpc) is 3.11. The summed E-state index contributed by atoms with van der Waals surface area (Å²) in [5.74, 6) is 2.21. The van der Waals surface area contributed by atoms with Crippen LogP contribution in [0.1, 0.15) is 55.7 Å². The van der Waals surface area contributed by atoms with Crippen molar-refractivity contribution in [1.29, 1.82) is 5.26 Å². The van der Waals surface area contributed by atoms with Crippen LogP contribution < -0.4 is 4.90 Å². The van der Waals surface area contributed by atoms with E-state index in [0.717, 1.165) is 38.0 Å². The Morgan fingerprint density at radius 1 is 1.04 bits per heavy atom. The van der Waals surface area contributed by atoms with Crippen molar-refractivity contribution >= 4 is 16.5 Å². The van der Waals surface area contributed by atoms with Crippen molar-refractivity contribution in [3.63, 3.8) is 0 Å². The van der Waals surface area contributed by atoms with E-state index in [1.165, 1.54) is 55.0 Å². The van der Waals surface area contributed by atoms with Gasteiger partial charge in [-0.15, -0.1) is 11.3 Å². The minimum Gasteiger partial charge on any atom is -0.348 e. The number of anilines is 1. The fourth-order valence-electron chi connectivity index (χ4n) is 4.63. The molecule has 0 bridgehead atoms. The van der Waals surface area contributed by atoms with Gasteiger partial charge in [0.15, 0.2) is 11.3 Å². The van der Waals surface area contributed by atoms with Gasteiger partial charge in [-0.25, -0.2) is 4.98 Å². The zero-order valence-electron chi connectivity index (χ0n) is 13.8. The maximum atomic E-state index is 9.16. The summed E-state index contributed by atoms with van der Waals surface area (Å²) >= 11 is 1.93. The van der Waals surface area contributed by atoms with E-state index in [2.05, 4.69) is 17.3 Å². The van der Waals surface area contributed by atoms with E-state index in [1.54, 1.807) is 0 Å². The molecule has 0 spiro atoms. The smallest absolute Gasteiger partial charge is 0.185 e. The van der Waals surface area contributed by atoms with Crippen LogP contribution in [0.25, 0.3) is 0 Å². The van der Waals surface area contributed by atoms with Crippen molar-refractivity contribution < 1.29 is 0 Å². The molecule has 3 heterocycles. The lowest BCUT2D eigenvalue weighted by atomic mass is 9.80. The van der Waals surface area contributed by atoms with E-state index in [4.69, 9.17) is 10.2 Å². The second kappa shape index (κ2) is 6.68. The van der Waals surface area contributed by atoms with Crippen molar-refractivity contribution in [2.75, 3.05) is 31.1 Å². The molecule has 1 aromatic heterocycles. The van der Waals surface area contributed by atoms with Crippen LogP contribution in [0.4, 0.5) is 5.13 Å². The number of rotatable bonds is 2. The quantitative estimate of drug-likeness (QED) is 0.773. The zero-order chi connectivity index (χ0) is 15.6. The Hall–Kier alpha value is -1.28. The first-order chi connectivity index (χ1) is 11.3. The van der Waals surface area contributed by atoms with Gasteiger partial charge in [-0.2, -0.15) is 5.26 Å². The topological polar surface area (TPSA) is 43.2 Å². The number of aromatic nitrogens is 1. The molecule has 0 unspecified atom stereocenters. The fraction of sp³-hybridized carbons (Fsp3) is 0.778. The molecule has 0 aromatic carbocycles. The molecule has 23 heavy (non-hydrogen) atoms. The van der Waals surface area contributed by atoms with Crippen LogP contribution in [0, 0.1) is 23.3 Å². The monoisotopic (exact) mass is 330 g/mol. The van der Waals surface area contributed by atoms with Crippen molar-refractivity contribution in [3.8, 4) is 6.19 Å². The van der Waals surface area contributed by atoms with Gasteiger partial charge in [-0.3, -0.25) is 0 Å². The second-order valence-corrected chi connectivity index (χ2v) is 8.51. The Kier molecular flexibility index (Phi) is 4.43. The molecule has 4 nitrogen and oxygen atoms in total. The van der Waals surface area contributed by atoms with Crippen LogP contribution in [0.3, 0.4) is 0 Å². The summed E-state index contributed by atoms with van der Waals surface area (Å²) in [4.78, 5) is 10.7. The van der Waals surface area contributed by atoms with Gasteiger partial charge in [0.25, 0.3) is 0 Å². The third-order valence-corrected chi connectivity index (χ3v) is 7.27. The van der Waals surface area contributed by atoms with Gasteiger partial charge in [0.05, 0.1) is 0 Å². The van der Waals surface area contributed by atoms with E-state index in [0.29, 0.717) is 5.92 Å². The maximum absolute atomic E-state index is 9.16. The van der Waals surface area contributed by atoms with Gasteiger partial charge in [-0.1, -0.05) is 19.3 Å². The number of hydrogen-bond donors (Lipinski definition) is 0. The number of nitriles is 1. The SMILES string of the molecule is N#CN1CC[C@@H]2CCN(c3ncc(C4CCCCC4)s3)C[C@@H]2C1. The molecule has 2 aliphatic heterocycles. The highest BCUT2D eigenvalue weighted by molar-refractivity contribution is 7.15. The summed E-state index contributed by atoms with van der Waals surface area (Å²) in [6, 6.07) is 0. The van der Waals surface area contributed by atoms with E-state index in [9.17, 15) is 0 Å². The summed E-state index contributed by atoms with van der Waals surface area (Å²) in [5, 5.41) is 10.4. The first kappa shape index (κ1) is 15.3. The molecule has 2 saturated heterocycles. The lowest BCUT2D eigenvalue weighted by Gasteiger charge is -2.43. The Bertz CT molecular complexity index is 572. The summed E-state index contributed by atoms with van der Waals surface area (Å²) in [6.45, 7) is 4.13. The predicted octanol–water partition coefficient (Wildman–Crippen LogP) is 3.82. The molecule has 1 saturated carbocycles. The van der Waals surface area contributed by atoms with Crippen molar-refractivity contribution in [2.45, 2.75) is 50.9 Å². The highest BCUT2D eigenvalue weighted by atomic mass is 32.1. The van der Waals surface area contributed by atoms with Gasteiger partial charge in [0.1, 0.15) is 0 Å². The van der Waals surface area contributed by atoms with Crippen molar-refractivity contribution in [1.82, 2.24) is 9.88 Å². The Labute approximate surface area is 143 Å². The third-order valence-electron chi connectivity index (χ3n) is 6.05. The molecule has 0 N–H and O–H groups in total. The maximum Gasteiger partial charge on any atom is 0.185 e. The average molecular weight is 331 g/mol. The minimum absolute atomic E-state index is 0.638. The van der Waals surface area contributed by atoms with Crippen LogP contribution in [0.2, 0.25) is 0 Å². The molecule has 0 radical (unpaired) electrons. The van der Waals surface area contributed by atoms with Gasteiger partial charge >= 0.3 is 0 Å². The molecule has 1 aromatic rings. The predicted molar refractivity (Wildman–Crippen MR) is 93.6 cm³/mol. The van der Waals surface area contributed by atoms with E-state index < -0.39 is 0 Å². The molecule has 124 valence electrons. The summed E-state index contributed by atoms with van der Waals surface area (Å²) in [5.41, 5.74) is 0. The van der Waals surface area contributed by atoms with E-state index in [-0.39, 0.29) is 0 Å². The third kappa shape index (κ3) is 3.19. The first-order valence-electron chi connectivity index (χ1n) is 9.19. The Morgan fingerprint density at radius 2 is 1.87 bits per heavy atom. The minimum atomic E-state index is 0.638. The number of piperidine rings is 2. The van der Waals surface area contributed by atoms with E-state index >= 15 is 0 Å². The summed E-state index contributed by atoms with van der Waals surface area (Å²) < 4.78 is 0. The number of hydrogen-bond acceptors (Lipinski definition) is 5. The van der Waals surface area contributed by atoms with Crippen LogP contribution in [0.15, 0.2) is 6.20 Å². The molecule has 2 atom stereocenters. The highest BCUT2D eigenvalue weighted by Crippen LogP contribution is 2.39. The molecule has 3 fully saturated rings. The van der Waals surface area contributed by atoms with Crippen molar-refractivity contribution in [3.05, 3.63) is 11.1 Å². The van der Waals surface area contributed by atoms with Crippen molar-refractivity contribution in [2.24, 2.45) is 11.8 Å². The lowest BCUT2D eigenvalue weighted by Crippen LogP contribution is -2.48. The van der Waals surface area contributed by atoms with Crippen LogP contribution in [-0.2, 0) is 0 Å². The Balaban J connectivity index is 1.42. The highest BCUT2D eigenvalue weighted by Gasteiger charge is 2.34. The summed E-state index contributed by atoms with van der Waals surface area (Å²) in [6.07, 6.45) is 13.8. The number of fused-ring (bicyclic) bond motifs is 1. The second-order valence-electron chi connectivity index (χ2n) is 7.47. The lowest BCUT2D eigenvalue weighted by molar-refractivity contribution is 0.145. The fourth-order valence-corrected chi connectivity index (χ4v) is 5.75. The molecular weight excluding hydrogens is 304 g/mol. The largest absolute Gasteiger partial charge is 0.348 e. The van der Waals surface area contributed by atoms with Crippen LogP contribution >= 0.6 is 11.3 Å². The molecule has 3 aliphatic rings. The van der Waals surface area contributed by atoms with Gasteiger partial charge in [0, 0.05) is 37.3 Å². The van der Waals surface area contributed by atoms with Gasteiger partial charge in [0.2, 0.25) is 0 Å². The van der Waals surface area contributed by atoms with Gasteiger partial charge < -0.3 is 9.80 Å². The van der Waals surface area contributed by atoms with E-state index in [1.807, 2.05) is 16.2 Å². The van der Waals surface area contributed by atoms with Gasteiger partial charge in [-0.05, 0) is 43.4 Å². The summed E-state index contributed by atoms with van der Waals surface area (Å²) in [7, 11) is 0. The number of nitrogens with zero attached hydrogens (tertiary/aromatic N) is 4. The standard InChI is InChI=1S/C18H26N4S/c19-13-21-8-6-14-7-9-22(12-16(14)11-21)18-20-10-17(23-18)15-4-2-1-3-5-15/h10,14-16H,1-9,11-12H2/t14-,16+/m1/s1. The zero-order valence-corrected chi connectivity index (χ0v) is 14.6. The first-order valence-corrected chi connectivity index (χ1v) is 10.0.